The second kappa shape index (κ2) is 10.0. The highest BCUT2D eigenvalue weighted by molar-refractivity contribution is 6.93. The van der Waals surface area contributed by atoms with Crippen molar-refractivity contribution >= 4 is 19.1 Å². The van der Waals surface area contributed by atoms with Crippen molar-refractivity contribution in [2.24, 2.45) is 0 Å². The Morgan fingerprint density at radius 1 is 1.18 bits per heavy atom. The number of methoxy groups -OCH3 is 1. The van der Waals surface area contributed by atoms with E-state index in [-0.39, 0.29) is 5.78 Å². The summed E-state index contributed by atoms with van der Waals surface area (Å²) in [5.41, 5.74) is 1.68. The van der Waals surface area contributed by atoms with E-state index in [1.54, 1.807) is 19.3 Å². The molecule has 28 heavy (non-hydrogen) atoms. The van der Waals surface area contributed by atoms with Crippen molar-refractivity contribution in [3.8, 4) is 5.75 Å². The van der Waals surface area contributed by atoms with E-state index in [0.29, 0.717) is 6.42 Å². The topological polar surface area (TPSA) is 35.5 Å². The van der Waals surface area contributed by atoms with Crippen molar-refractivity contribution in [1.29, 1.82) is 0 Å². The molecule has 0 bridgehead atoms. The van der Waals surface area contributed by atoms with Crippen LogP contribution in [-0.2, 0) is 9.53 Å². The minimum Gasteiger partial charge on any atom is -0.497 e. The van der Waals surface area contributed by atoms with Gasteiger partial charge in [-0.2, -0.15) is 0 Å². The Kier molecular flexibility index (Phi) is 8.65. The van der Waals surface area contributed by atoms with E-state index >= 15 is 0 Å². The molecule has 0 amide bonds. The predicted octanol–water partition coefficient (Wildman–Crippen LogP) is 6.23. The van der Waals surface area contributed by atoms with Crippen LogP contribution in [0, 0.1) is 0 Å². The largest absolute Gasteiger partial charge is 0.497 e. The molecule has 1 atom stereocenters. The SMILES string of the molecule is C=CC/C(=C(/c1ccc(OC)cc1)[Si](C)(C)C)C(OC(C)(C)C)C(=O)/C=C/C. The van der Waals surface area contributed by atoms with Crippen LogP contribution in [0.15, 0.2) is 54.6 Å². The van der Waals surface area contributed by atoms with Gasteiger partial charge in [-0.3, -0.25) is 4.79 Å². The van der Waals surface area contributed by atoms with Crippen LogP contribution in [0.1, 0.15) is 39.7 Å². The molecule has 0 saturated heterocycles. The number of rotatable bonds is 9. The molecule has 0 fully saturated rings. The molecule has 0 N–H and O–H groups in total. The number of hydrogen-bond acceptors (Lipinski definition) is 3. The van der Waals surface area contributed by atoms with Crippen molar-refractivity contribution in [2.75, 3.05) is 7.11 Å². The molecule has 0 saturated carbocycles. The molecule has 1 aromatic carbocycles. The van der Waals surface area contributed by atoms with E-state index in [4.69, 9.17) is 9.47 Å². The van der Waals surface area contributed by atoms with Gasteiger partial charge in [-0.15, -0.1) is 6.58 Å². The highest BCUT2D eigenvalue weighted by Crippen LogP contribution is 2.35. The van der Waals surface area contributed by atoms with Gasteiger partial charge in [-0.1, -0.05) is 49.1 Å². The Morgan fingerprint density at radius 2 is 1.75 bits per heavy atom. The minimum atomic E-state index is -1.83. The van der Waals surface area contributed by atoms with Gasteiger partial charge < -0.3 is 9.47 Å². The quantitative estimate of drug-likeness (QED) is 0.280. The van der Waals surface area contributed by atoms with Crippen LogP contribution in [0.5, 0.6) is 5.75 Å². The van der Waals surface area contributed by atoms with Gasteiger partial charge in [0.2, 0.25) is 0 Å². The summed E-state index contributed by atoms with van der Waals surface area (Å²) < 4.78 is 11.6. The molecule has 0 aliphatic heterocycles. The summed E-state index contributed by atoms with van der Waals surface area (Å²) >= 11 is 0. The van der Waals surface area contributed by atoms with Crippen molar-refractivity contribution in [2.45, 2.75) is 65.5 Å². The van der Waals surface area contributed by atoms with E-state index in [1.807, 2.05) is 45.9 Å². The number of ketones is 1. The maximum atomic E-state index is 13.0. The Morgan fingerprint density at radius 3 is 2.14 bits per heavy atom. The number of carbonyl (C=O) groups is 1. The van der Waals surface area contributed by atoms with Gasteiger partial charge in [0.15, 0.2) is 5.78 Å². The van der Waals surface area contributed by atoms with E-state index in [2.05, 4.69) is 38.4 Å². The lowest BCUT2D eigenvalue weighted by molar-refractivity contribution is -0.131. The summed E-state index contributed by atoms with van der Waals surface area (Å²) in [6.07, 6.45) is 5.22. The molecule has 0 heterocycles. The fourth-order valence-electron chi connectivity index (χ4n) is 3.26. The van der Waals surface area contributed by atoms with Gasteiger partial charge in [0.05, 0.1) is 20.8 Å². The first kappa shape index (κ1) is 24.1. The fraction of sp³-hybridized carbons (Fsp3) is 0.458. The third-order valence-electron chi connectivity index (χ3n) is 4.19. The molecule has 0 radical (unpaired) electrons. The van der Waals surface area contributed by atoms with E-state index in [1.165, 1.54) is 5.20 Å². The lowest BCUT2D eigenvalue weighted by Crippen LogP contribution is -2.37. The lowest BCUT2D eigenvalue weighted by atomic mass is 9.97. The summed E-state index contributed by atoms with van der Waals surface area (Å²) in [7, 11) is -0.165. The van der Waals surface area contributed by atoms with Crippen molar-refractivity contribution in [3.05, 3.63) is 60.2 Å². The molecule has 1 rings (SSSR count). The first-order valence-corrected chi connectivity index (χ1v) is 13.3. The Bertz CT molecular complexity index is 729. The van der Waals surface area contributed by atoms with Crippen LogP contribution in [0.3, 0.4) is 0 Å². The van der Waals surface area contributed by atoms with Crippen LogP contribution in [0.4, 0.5) is 0 Å². The number of carbonyl (C=O) groups excluding carboxylic acids is 1. The predicted molar refractivity (Wildman–Crippen MR) is 123 cm³/mol. The molecule has 154 valence electrons. The van der Waals surface area contributed by atoms with Crippen LogP contribution in [0.2, 0.25) is 19.6 Å². The molecule has 3 nitrogen and oxygen atoms in total. The van der Waals surface area contributed by atoms with Gasteiger partial charge >= 0.3 is 0 Å². The molecule has 0 aromatic heterocycles. The second-order valence-corrected chi connectivity index (χ2v) is 13.9. The summed E-state index contributed by atoms with van der Waals surface area (Å²) in [5, 5.41) is 1.24. The monoisotopic (exact) mass is 400 g/mol. The van der Waals surface area contributed by atoms with E-state index in [0.717, 1.165) is 16.9 Å². The molecule has 4 heteroatoms. The summed E-state index contributed by atoms with van der Waals surface area (Å²) in [6.45, 7) is 18.6. The minimum absolute atomic E-state index is 0.0291. The van der Waals surface area contributed by atoms with Crippen LogP contribution >= 0.6 is 0 Å². The first-order valence-electron chi connectivity index (χ1n) is 9.77. The van der Waals surface area contributed by atoms with Gasteiger partial charge in [0.25, 0.3) is 0 Å². The molecule has 0 aliphatic rings. The smallest absolute Gasteiger partial charge is 0.188 e. The van der Waals surface area contributed by atoms with Crippen LogP contribution in [0.25, 0.3) is 5.20 Å². The van der Waals surface area contributed by atoms with Gasteiger partial charge in [0.1, 0.15) is 11.9 Å². The summed E-state index contributed by atoms with van der Waals surface area (Å²) in [6, 6.07) is 8.08. The number of allylic oxidation sites excluding steroid dienone is 2. The van der Waals surface area contributed by atoms with Crippen molar-refractivity contribution in [1.82, 2.24) is 0 Å². The lowest BCUT2D eigenvalue weighted by Gasteiger charge is -2.33. The van der Waals surface area contributed by atoms with Gasteiger partial charge in [-0.25, -0.2) is 0 Å². The molecule has 1 unspecified atom stereocenters. The highest BCUT2D eigenvalue weighted by Gasteiger charge is 2.33. The average molecular weight is 401 g/mol. The van der Waals surface area contributed by atoms with Crippen molar-refractivity contribution < 1.29 is 14.3 Å². The van der Waals surface area contributed by atoms with Crippen LogP contribution in [-0.4, -0.2) is 32.7 Å². The molecular formula is C24H36O3Si. The molecular weight excluding hydrogens is 364 g/mol. The highest BCUT2D eigenvalue weighted by atomic mass is 28.3. The van der Waals surface area contributed by atoms with Crippen LogP contribution < -0.4 is 4.74 Å². The van der Waals surface area contributed by atoms with Gasteiger partial charge in [-0.05, 0) is 63.5 Å². The normalized spacial score (nSPS) is 14.6. The number of ether oxygens (including phenoxy) is 2. The molecule has 0 spiro atoms. The fourth-order valence-corrected chi connectivity index (χ4v) is 5.49. The standard InChI is InChI=1S/C24H36O3Si/c1-10-12-20(22(21(25)13-11-2)27-24(3,4)5)23(28(7,8)9)18-14-16-19(26-6)17-15-18/h10-11,13-17,22H,1,12H2,2-9H3/b13-11+,23-20+. The number of hydrogen-bond donors (Lipinski definition) is 0. The van der Waals surface area contributed by atoms with Gasteiger partial charge in [0, 0.05) is 0 Å². The van der Waals surface area contributed by atoms with E-state index < -0.39 is 19.8 Å². The third-order valence-corrected chi connectivity index (χ3v) is 6.30. The second-order valence-electron chi connectivity index (χ2n) is 8.88. The maximum absolute atomic E-state index is 13.0. The Balaban J connectivity index is 3.77. The first-order chi connectivity index (χ1) is 12.9. The Labute approximate surface area is 172 Å². The number of benzene rings is 1. The molecule has 0 aliphatic carbocycles. The third kappa shape index (κ3) is 6.92. The zero-order chi connectivity index (χ0) is 21.5. The molecule has 1 aromatic rings. The van der Waals surface area contributed by atoms with Crippen molar-refractivity contribution in [3.63, 3.8) is 0 Å². The summed E-state index contributed by atoms with van der Waals surface area (Å²) in [4.78, 5) is 13.0. The van der Waals surface area contributed by atoms with E-state index in [9.17, 15) is 4.79 Å². The zero-order valence-electron chi connectivity index (χ0n) is 18.8. The average Bonchev–Trinajstić information content (AvgIpc) is 2.58. The summed E-state index contributed by atoms with van der Waals surface area (Å²) in [5.74, 6) is 0.787. The maximum Gasteiger partial charge on any atom is 0.188 e. The zero-order valence-corrected chi connectivity index (χ0v) is 19.8. The Hall–Kier alpha value is -1.91.